The first kappa shape index (κ1) is 22.9. The smallest absolute Gasteiger partial charge is 0.242 e. The summed E-state index contributed by atoms with van der Waals surface area (Å²) in [5.41, 5.74) is 1.89. The van der Waals surface area contributed by atoms with Gasteiger partial charge in [-0.05, 0) is 38.0 Å². The van der Waals surface area contributed by atoms with Crippen LogP contribution in [-0.4, -0.2) is 58.8 Å². The fourth-order valence-electron chi connectivity index (χ4n) is 3.60. The second-order valence-electron chi connectivity index (χ2n) is 8.32. The third-order valence-electron chi connectivity index (χ3n) is 4.98. The van der Waals surface area contributed by atoms with Gasteiger partial charge in [-0.1, -0.05) is 25.4 Å². The van der Waals surface area contributed by atoms with Gasteiger partial charge in [0, 0.05) is 42.0 Å². The second-order valence-corrected chi connectivity index (χ2v) is 9.50. The number of benzene rings is 1. The van der Waals surface area contributed by atoms with Crippen molar-refractivity contribution < 1.29 is 9.53 Å². The first-order valence-corrected chi connectivity index (χ1v) is 11.2. The van der Waals surface area contributed by atoms with Crippen molar-refractivity contribution in [2.45, 2.75) is 39.6 Å². The van der Waals surface area contributed by atoms with E-state index in [1.54, 1.807) is 11.0 Å². The van der Waals surface area contributed by atoms with Crippen molar-refractivity contribution in [1.29, 1.82) is 0 Å². The van der Waals surface area contributed by atoms with Gasteiger partial charge >= 0.3 is 0 Å². The van der Waals surface area contributed by atoms with Crippen LogP contribution in [-0.2, 0) is 11.3 Å². The Bertz CT molecular complexity index is 882. The number of alkyl halides is 1. The van der Waals surface area contributed by atoms with Gasteiger partial charge in [0.1, 0.15) is 12.4 Å². The fourth-order valence-corrected chi connectivity index (χ4v) is 3.86. The zero-order valence-electron chi connectivity index (χ0n) is 18.1. The standard InChI is InChI=1S/C22H30Cl2N4O2/c1-15(2)11-26-7-8-27(22(29)13-26)21-9-17(4)28(25-21)12-18-10-19(24)5-6-20(18)30-14-16(3)23/h5-6,9-10,15-16H,7-8,11-14H2,1-4H3. The van der Waals surface area contributed by atoms with E-state index >= 15 is 0 Å². The summed E-state index contributed by atoms with van der Waals surface area (Å²) in [5, 5.41) is 5.26. The molecule has 1 atom stereocenters. The molecule has 2 aromatic rings. The van der Waals surface area contributed by atoms with Crippen LogP contribution in [0.5, 0.6) is 5.75 Å². The number of halogens is 2. The quantitative estimate of drug-likeness (QED) is 0.562. The third-order valence-corrected chi connectivity index (χ3v) is 5.34. The van der Waals surface area contributed by atoms with E-state index in [1.807, 2.05) is 36.7 Å². The summed E-state index contributed by atoms with van der Waals surface area (Å²) in [6.07, 6.45) is 0. The minimum Gasteiger partial charge on any atom is -0.492 e. The Hall–Kier alpha value is -1.76. The van der Waals surface area contributed by atoms with Gasteiger partial charge in [-0.3, -0.25) is 19.3 Å². The van der Waals surface area contributed by atoms with E-state index in [2.05, 4.69) is 18.7 Å². The van der Waals surface area contributed by atoms with Gasteiger partial charge in [0.05, 0.1) is 18.5 Å². The van der Waals surface area contributed by atoms with Gasteiger partial charge in [0.2, 0.25) is 5.91 Å². The molecule has 1 amide bonds. The summed E-state index contributed by atoms with van der Waals surface area (Å²) in [4.78, 5) is 16.7. The zero-order chi connectivity index (χ0) is 21.8. The summed E-state index contributed by atoms with van der Waals surface area (Å²) in [6, 6.07) is 7.50. The molecule has 1 unspecified atom stereocenters. The summed E-state index contributed by atoms with van der Waals surface area (Å²) in [7, 11) is 0. The Morgan fingerprint density at radius 3 is 2.63 bits per heavy atom. The van der Waals surface area contributed by atoms with Crippen LogP contribution in [0.1, 0.15) is 32.0 Å². The maximum atomic E-state index is 12.7. The lowest BCUT2D eigenvalue weighted by Crippen LogP contribution is -2.51. The first-order valence-electron chi connectivity index (χ1n) is 10.4. The molecule has 8 heteroatoms. The number of rotatable bonds is 8. The van der Waals surface area contributed by atoms with Crippen LogP contribution < -0.4 is 9.64 Å². The number of aryl methyl sites for hydroxylation is 1. The number of amides is 1. The number of anilines is 1. The average Bonchev–Trinajstić information content (AvgIpc) is 3.00. The largest absolute Gasteiger partial charge is 0.492 e. The summed E-state index contributed by atoms with van der Waals surface area (Å²) < 4.78 is 7.73. The van der Waals surface area contributed by atoms with E-state index in [4.69, 9.17) is 33.0 Å². The van der Waals surface area contributed by atoms with E-state index in [1.165, 1.54) is 0 Å². The maximum absolute atomic E-state index is 12.7. The van der Waals surface area contributed by atoms with Crippen molar-refractivity contribution in [3.8, 4) is 5.75 Å². The first-order chi connectivity index (χ1) is 14.2. The van der Waals surface area contributed by atoms with Gasteiger partial charge in [-0.15, -0.1) is 11.6 Å². The lowest BCUT2D eigenvalue weighted by Gasteiger charge is -2.33. The molecule has 2 heterocycles. The van der Waals surface area contributed by atoms with Gasteiger partial charge in [-0.25, -0.2) is 0 Å². The minimum atomic E-state index is -0.0908. The number of carbonyl (C=O) groups excluding carboxylic acids is 1. The molecule has 1 aliphatic heterocycles. The van der Waals surface area contributed by atoms with Crippen LogP contribution in [0.25, 0.3) is 0 Å². The monoisotopic (exact) mass is 452 g/mol. The van der Waals surface area contributed by atoms with Crippen LogP contribution in [0.2, 0.25) is 5.02 Å². The molecule has 164 valence electrons. The third kappa shape index (κ3) is 5.90. The molecule has 1 aliphatic rings. The Labute approximate surface area is 188 Å². The fraction of sp³-hybridized carbons (Fsp3) is 0.545. The predicted octanol–water partition coefficient (Wildman–Crippen LogP) is 4.20. The highest BCUT2D eigenvalue weighted by Gasteiger charge is 2.27. The number of hydrogen-bond donors (Lipinski definition) is 0. The van der Waals surface area contributed by atoms with Crippen LogP contribution in [0.4, 0.5) is 5.82 Å². The number of ether oxygens (including phenoxy) is 1. The zero-order valence-corrected chi connectivity index (χ0v) is 19.6. The van der Waals surface area contributed by atoms with Crippen molar-refractivity contribution in [2.75, 3.05) is 37.7 Å². The number of carbonyl (C=O) groups is 1. The van der Waals surface area contributed by atoms with Crippen molar-refractivity contribution >= 4 is 34.9 Å². The number of aromatic nitrogens is 2. The normalized spacial score (nSPS) is 16.4. The van der Waals surface area contributed by atoms with E-state index in [0.717, 1.165) is 30.1 Å². The van der Waals surface area contributed by atoms with Crippen LogP contribution in [0.15, 0.2) is 24.3 Å². The van der Waals surface area contributed by atoms with Gasteiger partial charge in [-0.2, -0.15) is 5.10 Å². The van der Waals surface area contributed by atoms with Crippen LogP contribution in [0, 0.1) is 12.8 Å². The molecule has 0 N–H and O–H groups in total. The molecular formula is C22H30Cl2N4O2. The second kappa shape index (κ2) is 10.0. The lowest BCUT2D eigenvalue weighted by molar-refractivity contribution is -0.121. The Morgan fingerprint density at radius 1 is 1.20 bits per heavy atom. The highest BCUT2D eigenvalue weighted by atomic mass is 35.5. The van der Waals surface area contributed by atoms with Gasteiger partial charge in [0.15, 0.2) is 5.82 Å². The van der Waals surface area contributed by atoms with Crippen molar-refractivity contribution in [3.63, 3.8) is 0 Å². The SMILES string of the molecule is Cc1cc(N2CCN(CC(C)C)CC2=O)nn1Cc1cc(Cl)ccc1OCC(C)Cl. The lowest BCUT2D eigenvalue weighted by atomic mass is 10.2. The Balaban J connectivity index is 1.75. The number of nitrogens with zero attached hydrogens (tertiary/aromatic N) is 4. The number of hydrogen-bond acceptors (Lipinski definition) is 4. The molecule has 0 bridgehead atoms. The van der Waals surface area contributed by atoms with Crippen molar-refractivity contribution in [1.82, 2.24) is 14.7 Å². The van der Waals surface area contributed by atoms with E-state index < -0.39 is 0 Å². The van der Waals surface area contributed by atoms with E-state index in [0.29, 0.717) is 43.0 Å². The average molecular weight is 453 g/mol. The Kier molecular flexibility index (Phi) is 7.66. The van der Waals surface area contributed by atoms with Gasteiger partial charge < -0.3 is 4.74 Å². The molecule has 0 saturated carbocycles. The molecule has 1 saturated heterocycles. The molecule has 30 heavy (non-hydrogen) atoms. The topological polar surface area (TPSA) is 50.6 Å². The molecule has 0 aliphatic carbocycles. The minimum absolute atomic E-state index is 0.0908. The molecular weight excluding hydrogens is 423 g/mol. The summed E-state index contributed by atoms with van der Waals surface area (Å²) in [6.45, 7) is 12.0. The summed E-state index contributed by atoms with van der Waals surface area (Å²) in [5.74, 6) is 2.07. The molecule has 0 radical (unpaired) electrons. The van der Waals surface area contributed by atoms with Crippen LogP contribution in [0.3, 0.4) is 0 Å². The van der Waals surface area contributed by atoms with E-state index in [-0.39, 0.29) is 11.3 Å². The Morgan fingerprint density at radius 2 is 1.97 bits per heavy atom. The van der Waals surface area contributed by atoms with Crippen molar-refractivity contribution in [3.05, 3.63) is 40.5 Å². The van der Waals surface area contributed by atoms with Gasteiger partial charge in [0.25, 0.3) is 0 Å². The van der Waals surface area contributed by atoms with E-state index in [9.17, 15) is 4.79 Å². The predicted molar refractivity (Wildman–Crippen MR) is 122 cm³/mol. The highest BCUT2D eigenvalue weighted by Crippen LogP contribution is 2.26. The number of piperazine rings is 1. The molecule has 1 aromatic heterocycles. The van der Waals surface area contributed by atoms with Crippen LogP contribution >= 0.6 is 23.2 Å². The maximum Gasteiger partial charge on any atom is 0.242 e. The molecule has 1 fully saturated rings. The molecule has 3 rings (SSSR count). The summed E-state index contributed by atoms with van der Waals surface area (Å²) >= 11 is 12.2. The molecule has 1 aromatic carbocycles. The highest BCUT2D eigenvalue weighted by molar-refractivity contribution is 6.30. The molecule has 0 spiro atoms. The molecule has 6 nitrogen and oxygen atoms in total. The van der Waals surface area contributed by atoms with Crippen molar-refractivity contribution in [2.24, 2.45) is 5.92 Å².